The molecule has 3 aromatic carbocycles. The van der Waals surface area contributed by atoms with E-state index in [9.17, 15) is 9.59 Å². The van der Waals surface area contributed by atoms with Crippen molar-refractivity contribution in [3.05, 3.63) is 59.7 Å². The topological polar surface area (TPSA) is 52.6 Å². The first-order valence-corrected chi connectivity index (χ1v) is 9.54. The zero-order valence-corrected chi connectivity index (χ0v) is 16.8. The maximum atomic E-state index is 11.9. The van der Waals surface area contributed by atoms with Crippen LogP contribution in [-0.4, -0.2) is 26.2 Å². The van der Waals surface area contributed by atoms with Crippen LogP contribution in [0.5, 0.6) is 0 Å². The summed E-state index contributed by atoms with van der Waals surface area (Å²) in [5.41, 5.74) is 2.29. The van der Waals surface area contributed by atoms with Gasteiger partial charge in [0.1, 0.15) is 0 Å². The molecule has 2 atom stereocenters. The summed E-state index contributed by atoms with van der Waals surface area (Å²) in [6.45, 7) is 4.12. The van der Waals surface area contributed by atoms with Gasteiger partial charge in [0.2, 0.25) is 0 Å². The number of hydrogen-bond acceptors (Lipinski definition) is 4. The number of ether oxygens (including phenoxy) is 2. The van der Waals surface area contributed by atoms with E-state index in [2.05, 4.69) is 38.1 Å². The number of fused-ring (bicyclic) bond motifs is 2. The van der Waals surface area contributed by atoms with Crippen LogP contribution in [0.3, 0.4) is 0 Å². The van der Waals surface area contributed by atoms with Crippen molar-refractivity contribution in [2.75, 3.05) is 14.2 Å². The second kappa shape index (κ2) is 8.42. The number of hydrogen-bond donors (Lipinski definition) is 0. The summed E-state index contributed by atoms with van der Waals surface area (Å²) in [6, 6.07) is 16.4. The highest BCUT2D eigenvalue weighted by atomic mass is 16.5. The van der Waals surface area contributed by atoms with Crippen molar-refractivity contribution < 1.29 is 19.1 Å². The van der Waals surface area contributed by atoms with E-state index in [4.69, 9.17) is 9.47 Å². The van der Waals surface area contributed by atoms with E-state index in [0.29, 0.717) is 12.8 Å². The third kappa shape index (κ3) is 3.72. The van der Waals surface area contributed by atoms with Gasteiger partial charge in [-0.3, -0.25) is 9.59 Å². The van der Waals surface area contributed by atoms with Crippen LogP contribution in [0.25, 0.3) is 21.5 Å². The molecule has 0 aliphatic carbocycles. The van der Waals surface area contributed by atoms with Crippen molar-refractivity contribution in [2.24, 2.45) is 0 Å². The Morgan fingerprint density at radius 3 is 1.21 bits per heavy atom. The van der Waals surface area contributed by atoms with Crippen LogP contribution in [0.1, 0.15) is 49.7 Å². The molecule has 0 spiro atoms. The van der Waals surface area contributed by atoms with Gasteiger partial charge in [0.25, 0.3) is 0 Å². The van der Waals surface area contributed by atoms with Gasteiger partial charge >= 0.3 is 11.9 Å². The zero-order valence-electron chi connectivity index (χ0n) is 16.8. The largest absolute Gasteiger partial charge is 0.469 e. The monoisotopic (exact) mass is 378 g/mol. The van der Waals surface area contributed by atoms with Gasteiger partial charge in [-0.2, -0.15) is 0 Å². The number of carbonyl (C=O) groups is 2. The summed E-state index contributed by atoms with van der Waals surface area (Å²) in [4.78, 5) is 23.8. The molecule has 3 aromatic rings. The smallest absolute Gasteiger partial charge is 0.306 e. The van der Waals surface area contributed by atoms with Gasteiger partial charge < -0.3 is 9.47 Å². The van der Waals surface area contributed by atoms with E-state index in [0.717, 1.165) is 32.7 Å². The molecule has 0 radical (unpaired) electrons. The molecular weight excluding hydrogens is 352 g/mol. The third-order valence-corrected chi connectivity index (χ3v) is 5.40. The third-order valence-electron chi connectivity index (χ3n) is 5.40. The fourth-order valence-electron chi connectivity index (χ4n) is 4.13. The van der Waals surface area contributed by atoms with Gasteiger partial charge in [-0.1, -0.05) is 62.4 Å². The quantitative estimate of drug-likeness (QED) is 0.430. The molecule has 0 bridgehead atoms. The average molecular weight is 378 g/mol. The van der Waals surface area contributed by atoms with Crippen molar-refractivity contribution in [3.8, 4) is 0 Å². The molecule has 0 aliphatic rings. The Morgan fingerprint density at radius 1 is 0.679 bits per heavy atom. The van der Waals surface area contributed by atoms with E-state index in [1.807, 2.05) is 24.3 Å². The summed E-state index contributed by atoms with van der Waals surface area (Å²) in [5, 5.41) is 4.46. The normalized spacial score (nSPS) is 13.3. The molecule has 2 unspecified atom stereocenters. The average Bonchev–Trinajstić information content (AvgIpc) is 2.71. The Hall–Kier alpha value is -2.88. The van der Waals surface area contributed by atoms with Crippen LogP contribution in [0.4, 0.5) is 0 Å². The second-order valence-corrected chi connectivity index (χ2v) is 7.28. The molecule has 0 fully saturated rings. The molecule has 0 saturated heterocycles. The molecule has 0 N–H and O–H groups in total. The molecule has 0 saturated carbocycles. The lowest BCUT2D eigenvalue weighted by molar-refractivity contribution is -0.141. The second-order valence-electron chi connectivity index (χ2n) is 7.28. The summed E-state index contributed by atoms with van der Waals surface area (Å²) in [7, 11) is 2.84. The molecular formula is C24H26O4. The highest BCUT2D eigenvalue weighted by molar-refractivity contribution is 6.07. The summed E-state index contributed by atoms with van der Waals surface area (Å²) < 4.78 is 9.79. The van der Waals surface area contributed by atoms with E-state index in [-0.39, 0.29) is 23.8 Å². The predicted octanol–water partition coefficient (Wildman–Crippen LogP) is 5.33. The van der Waals surface area contributed by atoms with Crippen LogP contribution in [0.15, 0.2) is 48.5 Å². The summed E-state index contributed by atoms with van der Waals surface area (Å²) in [5.74, 6) is -0.424. The molecule has 0 heterocycles. The number of esters is 2. The zero-order chi connectivity index (χ0) is 20.3. The maximum absolute atomic E-state index is 11.9. The first kappa shape index (κ1) is 19.9. The molecule has 0 aromatic heterocycles. The molecule has 146 valence electrons. The van der Waals surface area contributed by atoms with Gasteiger partial charge in [0, 0.05) is 0 Å². The fourth-order valence-corrected chi connectivity index (χ4v) is 4.13. The summed E-state index contributed by atoms with van der Waals surface area (Å²) in [6.07, 6.45) is 0.642. The Morgan fingerprint density at radius 2 is 0.964 bits per heavy atom. The minimum Gasteiger partial charge on any atom is -0.469 e. The van der Waals surface area contributed by atoms with Crippen molar-refractivity contribution in [2.45, 2.75) is 38.5 Å². The standard InChI is InChI=1S/C24H26O4/c1-15(13-21(25)27-3)23-17-9-5-7-11-19(17)24(16(2)14-22(26)28-4)20-12-8-6-10-18(20)23/h5-12,15-16H,13-14H2,1-4H3. The van der Waals surface area contributed by atoms with Crippen LogP contribution in [-0.2, 0) is 19.1 Å². The Bertz CT molecular complexity index is 883. The molecule has 0 amide bonds. The van der Waals surface area contributed by atoms with Gasteiger partial charge in [-0.15, -0.1) is 0 Å². The molecule has 4 heteroatoms. The first-order valence-electron chi connectivity index (χ1n) is 9.54. The van der Waals surface area contributed by atoms with Crippen LogP contribution < -0.4 is 0 Å². The molecule has 0 aliphatic heterocycles. The highest BCUT2D eigenvalue weighted by Crippen LogP contribution is 2.41. The lowest BCUT2D eigenvalue weighted by Gasteiger charge is -2.23. The van der Waals surface area contributed by atoms with Crippen molar-refractivity contribution in [1.29, 1.82) is 0 Å². The summed E-state index contributed by atoms with van der Waals surface area (Å²) >= 11 is 0. The van der Waals surface area contributed by atoms with Gasteiger partial charge in [-0.05, 0) is 44.5 Å². The predicted molar refractivity (Wildman–Crippen MR) is 112 cm³/mol. The minimum atomic E-state index is -0.219. The number of carbonyl (C=O) groups excluding carboxylic acids is 2. The van der Waals surface area contributed by atoms with E-state index < -0.39 is 0 Å². The Labute approximate surface area is 165 Å². The minimum absolute atomic E-state index is 0.00668. The van der Waals surface area contributed by atoms with Crippen molar-refractivity contribution >= 4 is 33.5 Å². The SMILES string of the molecule is COC(=O)CC(C)c1c2ccccc2c(C(C)CC(=O)OC)c2ccccc12. The van der Waals surface area contributed by atoms with E-state index >= 15 is 0 Å². The fraction of sp³-hybridized carbons (Fsp3) is 0.333. The first-order chi connectivity index (χ1) is 13.5. The number of methoxy groups -OCH3 is 2. The van der Waals surface area contributed by atoms with Crippen molar-refractivity contribution in [1.82, 2.24) is 0 Å². The number of benzene rings is 3. The van der Waals surface area contributed by atoms with Gasteiger partial charge in [0.15, 0.2) is 0 Å². The molecule has 3 rings (SSSR count). The van der Waals surface area contributed by atoms with E-state index in [1.54, 1.807) is 0 Å². The van der Waals surface area contributed by atoms with Crippen LogP contribution >= 0.6 is 0 Å². The lowest BCUT2D eigenvalue weighted by atomic mass is 9.81. The van der Waals surface area contributed by atoms with Gasteiger partial charge in [0.05, 0.1) is 27.1 Å². The Kier molecular flexibility index (Phi) is 5.98. The van der Waals surface area contributed by atoms with E-state index in [1.165, 1.54) is 14.2 Å². The maximum Gasteiger partial charge on any atom is 0.306 e. The number of rotatable bonds is 6. The Balaban J connectivity index is 2.30. The van der Waals surface area contributed by atoms with Crippen LogP contribution in [0.2, 0.25) is 0 Å². The van der Waals surface area contributed by atoms with Crippen molar-refractivity contribution in [3.63, 3.8) is 0 Å². The molecule has 28 heavy (non-hydrogen) atoms. The lowest BCUT2D eigenvalue weighted by Crippen LogP contribution is -2.10. The van der Waals surface area contributed by atoms with Gasteiger partial charge in [-0.25, -0.2) is 0 Å². The van der Waals surface area contributed by atoms with Crippen LogP contribution in [0, 0.1) is 0 Å². The highest BCUT2D eigenvalue weighted by Gasteiger charge is 2.23. The molecule has 4 nitrogen and oxygen atoms in total.